The second kappa shape index (κ2) is 7.55. The zero-order chi connectivity index (χ0) is 16.1. The molecule has 122 valence electrons. The molecule has 0 unspecified atom stereocenters. The molecule has 4 nitrogen and oxygen atoms in total. The van der Waals surface area contributed by atoms with E-state index in [-0.39, 0.29) is 5.91 Å². The standard InChI is InChI=1S/C19H24N2O2/c1-23-13-5-8-17-7-2-3-12-21(17)19(22)16-9-10-18-15(14-16)6-4-11-20-18/h4,6,9-11,14,17H,2-3,5,7-8,12-13H2,1H3/t17-/m0/s1. The van der Waals surface area contributed by atoms with Gasteiger partial charge in [-0.3, -0.25) is 9.78 Å². The summed E-state index contributed by atoms with van der Waals surface area (Å²) < 4.78 is 5.15. The van der Waals surface area contributed by atoms with E-state index < -0.39 is 0 Å². The van der Waals surface area contributed by atoms with Gasteiger partial charge in [-0.15, -0.1) is 0 Å². The Morgan fingerprint density at radius 2 is 2.26 bits per heavy atom. The third-order valence-electron chi connectivity index (χ3n) is 4.62. The van der Waals surface area contributed by atoms with E-state index in [0.717, 1.165) is 55.3 Å². The van der Waals surface area contributed by atoms with E-state index in [0.29, 0.717) is 6.04 Å². The quantitative estimate of drug-likeness (QED) is 0.791. The number of carbonyl (C=O) groups is 1. The van der Waals surface area contributed by atoms with Crippen molar-refractivity contribution >= 4 is 16.8 Å². The van der Waals surface area contributed by atoms with Crippen LogP contribution in [0.4, 0.5) is 0 Å². The summed E-state index contributed by atoms with van der Waals surface area (Å²) in [6, 6.07) is 10.1. The summed E-state index contributed by atoms with van der Waals surface area (Å²) in [6.07, 6.45) is 7.22. The minimum absolute atomic E-state index is 0.151. The summed E-state index contributed by atoms with van der Waals surface area (Å²) in [4.78, 5) is 19.3. The number of methoxy groups -OCH3 is 1. The number of carbonyl (C=O) groups excluding carboxylic acids is 1. The van der Waals surface area contributed by atoms with Crippen molar-refractivity contribution in [2.75, 3.05) is 20.3 Å². The zero-order valence-electron chi connectivity index (χ0n) is 13.7. The van der Waals surface area contributed by atoms with Crippen LogP contribution < -0.4 is 0 Å². The lowest BCUT2D eigenvalue weighted by Crippen LogP contribution is -2.43. The van der Waals surface area contributed by atoms with E-state index >= 15 is 0 Å². The normalized spacial score (nSPS) is 18.3. The molecule has 0 spiro atoms. The second-order valence-corrected chi connectivity index (χ2v) is 6.19. The lowest BCUT2D eigenvalue weighted by atomic mass is 9.96. The number of fused-ring (bicyclic) bond motifs is 1. The molecule has 1 aromatic carbocycles. The summed E-state index contributed by atoms with van der Waals surface area (Å²) in [6.45, 7) is 1.63. The van der Waals surface area contributed by atoms with Crippen LogP contribution in [0.5, 0.6) is 0 Å². The van der Waals surface area contributed by atoms with Gasteiger partial charge in [0.25, 0.3) is 5.91 Å². The molecule has 2 heterocycles. The number of piperidine rings is 1. The lowest BCUT2D eigenvalue weighted by Gasteiger charge is -2.36. The number of benzene rings is 1. The Labute approximate surface area is 137 Å². The Morgan fingerprint density at radius 3 is 3.13 bits per heavy atom. The van der Waals surface area contributed by atoms with Crippen molar-refractivity contribution in [2.45, 2.75) is 38.1 Å². The molecular weight excluding hydrogens is 288 g/mol. The minimum Gasteiger partial charge on any atom is -0.385 e. The Kier molecular flexibility index (Phi) is 5.23. The number of likely N-dealkylation sites (tertiary alicyclic amines) is 1. The Hall–Kier alpha value is -1.94. The molecule has 0 radical (unpaired) electrons. The number of hydrogen-bond donors (Lipinski definition) is 0. The lowest BCUT2D eigenvalue weighted by molar-refractivity contribution is 0.0585. The number of ether oxygens (including phenoxy) is 1. The van der Waals surface area contributed by atoms with Crippen LogP contribution in [-0.2, 0) is 4.74 Å². The molecule has 1 amide bonds. The third kappa shape index (κ3) is 3.70. The summed E-state index contributed by atoms with van der Waals surface area (Å²) >= 11 is 0. The van der Waals surface area contributed by atoms with Crippen LogP contribution in [0.15, 0.2) is 36.5 Å². The van der Waals surface area contributed by atoms with Gasteiger partial charge in [0.05, 0.1) is 5.52 Å². The fourth-order valence-corrected chi connectivity index (χ4v) is 3.41. The number of hydrogen-bond acceptors (Lipinski definition) is 3. The van der Waals surface area contributed by atoms with Crippen molar-refractivity contribution in [1.82, 2.24) is 9.88 Å². The Morgan fingerprint density at radius 1 is 1.35 bits per heavy atom. The van der Waals surface area contributed by atoms with E-state index in [1.165, 1.54) is 6.42 Å². The highest BCUT2D eigenvalue weighted by molar-refractivity contribution is 5.98. The van der Waals surface area contributed by atoms with E-state index in [2.05, 4.69) is 9.88 Å². The largest absolute Gasteiger partial charge is 0.385 e. The molecule has 4 heteroatoms. The first-order valence-electron chi connectivity index (χ1n) is 8.44. The fourth-order valence-electron chi connectivity index (χ4n) is 3.41. The van der Waals surface area contributed by atoms with Crippen molar-refractivity contribution in [3.8, 4) is 0 Å². The van der Waals surface area contributed by atoms with Gasteiger partial charge in [0.2, 0.25) is 0 Å². The first-order valence-corrected chi connectivity index (χ1v) is 8.44. The van der Waals surface area contributed by atoms with Gasteiger partial charge in [-0.1, -0.05) is 6.07 Å². The molecule has 0 aliphatic carbocycles. The maximum absolute atomic E-state index is 13.0. The molecule has 0 bridgehead atoms. The van der Waals surface area contributed by atoms with Crippen molar-refractivity contribution in [3.05, 3.63) is 42.1 Å². The van der Waals surface area contributed by atoms with Crippen LogP contribution in [0.1, 0.15) is 42.5 Å². The van der Waals surface area contributed by atoms with Gasteiger partial charge in [-0.05, 0) is 56.4 Å². The highest BCUT2D eigenvalue weighted by atomic mass is 16.5. The molecule has 1 aromatic heterocycles. The second-order valence-electron chi connectivity index (χ2n) is 6.19. The molecule has 0 N–H and O–H groups in total. The van der Waals surface area contributed by atoms with E-state index in [1.807, 2.05) is 30.3 Å². The van der Waals surface area contributed by atoms with Crippen LogP contribution in [0.2, 0.25) is 0 Å². The summed E-state index contributed by atoms with van der Waals surface area (Å²) in [5.41, 5.74) is 1.70. The van der Waals surface area contributed by atoms with Gasteiger partial charge >= 0.3 is 0 Å². The van der Waals surface area contributed by atoms with E-state index in [4.69, 9.17) is 4.74 Å². The molecular formula is C19H24N2O2. The van der Waals surface area contributed by atoms with Gasteiger partial charge in [0.1, 0.15) is 0 Å². The predicted molar refractivity (Wildman–Crippen MR) is 91.5 cm³/mol. The fraction of sp³-hybridized carbons (Fsp3) is 0.474. The average molecular weight is 312 g/mol. The SMILES string of the molecule is COCCC[C@@H]1CCCCN1C(=O)c1ccc2ncccc2c1. The maximum Gasteiger partial charge on any atom is 0.254 e. The Bertz CT molecular complexity index is 671. The molecule has 0 saturated carbocycles. The topological polar surface area (TPSA) is 42.4 Å². The number of amides is 1. The minimum atomic E-state index is 0.151. The molecule has 1 fully saturated rings. The van der Waals surface area contributed by atoms with Crippen LogP contribution >= 0.6 is 0 Å². The van der Waals surface area contributed by atoms with Crippen molar-refractivity contribution in [2.24, 2.45) is 0 Å². The van der Waals surface area contributed by atoms with Crippen molar-refractivity contribution in [1.29, 1.82) is 0 Å². The monoisotopic (exact) mass is 312 g/mol. The number of rotatable bonds is 5. The van der Waals surface area contributed by atoms with Gasteiger partial charge in [0, 0.05) is 43.4 Å². The molecule has 23 heavy (non-hydrogen) atoms. The zero-order valence-corrected chi connectivity index (χ0v) is 13.7. The van der Waals surface area contributed by atoms with E-state index in [1.54, 1.807) is 13.3 Å². The molecule has 1 aliphatic rings. The number of aromatic nitrogens is 1. The van der Waals surface area contributed by atoms with Gasteiger partial charge in [-0.2, -0.15) is 0 Å². The average Bonchev–Trinajstić information content (AvgIpc) is 2.61. The molecule has 1 aliphatic heterocycles. The Balaban J connectivity index is 1.77. The number of nitrogens with zero attached hydrogens (tertiary/aromatic N) is 2. The molecule has 1 atom stereocenters. The maximum atomic E-state index is 13.0. The molecule has 3 rings (SSSR count). The first-order chi connectivity index (χ1) is 11.3. The molecule has 2 aromatic rings. The van der Waals surface area contributed by atoms with Gasteiger partial charge in [0.15, 0.2) is 0 Å². The third-order valence-corrected chi connectivity index (χ3v) is 4.62. The smallest absolute Gasteiger partial charge is 0.254 e. The first kappa shape index (κ1) is 15.9. The van der Waals surface area contributed by atoms with Crippen LogP contribution in [0.3, 0.4) is 0 Å². The highest BCUT2D eigenvalue weighted by Crippen LogP contribution is 2.24. The van der Waals surface area contributed by atoms with E-state index in [9.17, 15) is 4.79 Å². The van der Waals surface area contributed by atoms with Gasteiger partial charge < -0.3 is 9.64 Å². The van der Waals surface area contributed by atoms with Crippen LogP contribution in [-0.4, -0.2) is 42.1 Å². The van der Waals surface area contributed by atoms with Crippen LogP contribution in [0, 0.1) is 0 Å². The summed E-state index contributed by atoms with van der Waals surface area (Å²) in [7, 11) is 1.73. The summed E-state index contributed by atoms with van der Waals surface area (Å²) in [5.74, 6) is 0.151. The molecule has 1 saturated heterocycles. The van der Waals surface area contributed by atoms with Crippen molar-refractivity contribution < 1.29 is 9.53 Å². The van der Waals surface area contributed by atoms with Gasteiger partial charge in [-0.25, -0.2) is 0 Å². The van der Waals surface area contributed by atoms with Crippen LogP contribution in [0.25, 0.3) is 10.9 Å². The van der Waals surface area contributed by atoms with Crippen molar-refractivity contribution in [3.63, 3.8) is 0 Å². The number of pyridine rings is 1. The highest BCUT2D eigenvalue weighted by Gasteiger charge is 2.27. The summed E-state index contributed by atoms with van der Waals surface area (Å²) in [5, 5.41) is 1.02. The predicted octanol–water partition coefficient (Wildman–Crippen LogP) is 3.66.